The molecule has 1 rings (SSSR count). The monoisotopic (exact) mass is 236 g/mol. The van der Waals surface area contributed by atoms with Crippen LogP contribution in [-0.2, 0) is 0 Å². The van der Waals surface area contributed by atoms with Gasteiger partial charge in [0.2, 0.25) is 0 Å². The fourth-order valence-corrected chi connectivity index (χ4v) is 1.02. The Bertz CT molecular complexity index is 510. The summed E-state index contributed by atoms with van der Waals surface area (Å²) in [5.41, 5.74) is -0.840. The van der Waals surface area contributed by atoms with Gasteiger partial charge in [0, 0.05) is 12.3 Å². The number of hydrogen-bond acceptors (Lipinski definition) is 6. The highest BCUT2D eigenvalue weighted by molar-refractivity contribution is 5.61. The standard InChI is InChI=1S/C9H8N4O4/c1-2-5-10-11-8-4-3-7(12(14)15)6-9(8)13(16)17/h2-6H,1H3. The summed E-state index contributed by atoms with van der Waals surface area (Å²) in [6.45, 7) is 1.71. The van der Waals surface area contributed by atoms with Crippen LogP contribution in [0.3, 0.4) is 0 Å². The van der Waals surface area contributed by atoms with Gasteiger partial charge in [0.15, 0.2) is 5.69 Å². The zero-order chi connectivity index (χ0) is 12.8. The van der Waals surface area contributed by atoms with Crippen LogP contribution in [0, 0.1) is 20.2 Å². The largest absolute Gasteiger partial charge is 0.303 e. The van der Waals surface area contributed by atoms with Crippen LogP contribution in [0.4, 0.5) is 17.1 Å². The first-order chi connectivity index (χ1) is 8.06. The van der Waals surface area contributed by atoms with E-state index in [1.807, 2.05) is 0 Å². The quantitative estimate of drug-likeness (QED) is 0.454. The highest BCUT2D eigenvalue weighted by Crippen LogP contribution is 2.31. The van der Waals surface area contributed by atoms with Crippen LogP contribution in [0.2, 0.25) is 0 Å². The van der Waals surface area contributed by atoms with Crippen molar-refractivity contribution in [3.63, 3.8) is 0 Å². The topological polar surface area (TPSA) is 111 Å². The van der Waals surface area contributed by atoms with E-state index in [2.05, 4.69) is 10.2 Å². The number of nitrogens with zero attached hydrogens (tertiary/aromatic N) is 4. The van der Waals surface area contributed by atoms with Crippen molar-refractivity contribution >= 4 is 17.1 Å². The Hall–Kier alpha value is -2.64. The Kier molecular flexibility index (Phi) is 3.98. The molecule has 0 spiro atoms. The van der Waals surface area contributed by atoms with Crippen LogP contribution in [0.15, 0.2) is 40.7 Å². The summed E-state index contributed by atoms with van der Waals surface area (Å²) in [7, 11) is 0. The number of rotatable bonds is 4. The van der Waals surface area contributed by atoms with Gasteiger partial charge in [-0.1, -0.05) is 6.08 Å². The van der Waals surface area contributed by atoms with E-state index in [-0.39, 0.29) is 11.4 Å². The summed E-state index contributed by atoms with van der Waals surface area (Å²) in [6.07, 6.45) is 2.95. The molecule has 17 heavy (non-hydrogen) atoms. The molecule has 0 fully saturated rings. The molecule has 1 aromatic rings. The molecule has 0 aliphatic carbocycles. The molecule has 1 aromatic carbocycles. The van der Waals surface area contributed by atoms with E-state index in [0.29, 0.717) is 0 Å². The van der Waals surface area contributed by atoms with Gasteiger partial charge in [-0.25, -0.2) is 0 Å². The first-order valence-corrected chi connectivity index (χ1v) is 4.51. The second-order valence-electron chi connectivity index (χ2n) is 2.89. The number of benzene rings is 1. The van der Waals surface area contributed by atoms with Gasteiger partial charge < -0.3 is 0 Å². The Morgan fingerprint density at radius 3 is 2.47 bits per heavy atom. The van der Waals surface area contributed by atoms with Gasteiger partial charge in [0.1, 0.15) is 0 Å². The fraction of sp³-hybridized carbons (Fsp3) is 0.111. The lowest BCUT2D eigenvalue weighted by atomic mass is 10.2. The van der Waals surface area contributed by atoms with Gasteiger partial charge in [-0.15, -0.1) is 5.11 Å². The summed E-state index contributed by atoms with van der Waals surface area (Å²) in [5.74, 6) is 0. The predicted octanol–water partition coefficient (Wildman–Crippen LogP) is 3.12. The summed E-state index contributed by atoms with van der Waals surface area (Å²) in [4.78, 5) is 19.7. The molecule has 0 saturated heterocycles. The predicted molar refractivity (Wildman–Crippen MR) is 59.1 cm³/mol. The van der Waals surface area contributed by atoms with E-state index in [9.17, 15) is 20.2 Å². The number of azo groups is 1. The average molecular weight is 236 g/mol. The fourth-order valence-electron chi connectivity index (χ4n) is 1.02. The minimum absolute atomic E-state index is 0.0290. The zero-order valence-corrected chi connectivity index (χ0v) is 8.81. The molecule has 88 valence electrons. The number of hydrogen-bond donors (Lipinski definition) is 0. The molecule has 0 heterocycles. The van der Waals surface area contributed by atoms with Crippen LogP contribution in [0.5, 0.6) is 0 Å². The maximum atomic E-state index is 10.7. The van der Waals surface area contributed by atoms with Crippen molar-refractivity contribution in [2.45, 2.75) is 6.92 Å². The molecule has 8 heteroatoms. The lowest BCUT2D eigenvalue weighted by Crippen LogP contribution is -1.92. The molecule has 8 nitrogen and oxygen atoms in total. The second kappa shape index (κ2) is 5.45. The van der Waals surface area contributed by atoms with E-state index in [1.165, 1.54) is 12.3 Å². The van der Waals surface area contributed by atoms with Crippen LogP contribution in [0.25, 0.3) is 0 Å². The first kappa shape index (κ1) is 12.4. The molecule has 0 amide bonds. The van der Waals surface area contributed by atoms with Gasteiger partial charge in [-0.2, -0.15) is 5.11 Å². The van der Waals surface area contributed by atoms with Crippen LogP contribution in [0.1, 0.15) is 6.92 Å². The molecule has 0 aliphatic heterocycles. The van der Waals surface area contributed by atoms with Crippen molar-refractivity contribution in [1.29, 1.82) is 0 Å². The van der Waals surface area contributed by atoms with Crippen molar-refractivity contribution in [3.05, 3.63) is 50.7 Å². The van der Waals surface area contributed by atoms with Gasteiger partial charge >= 0.3 is 5.69 Å². The summed E-state index contributed by atoms with van der Waals surface area (Å²) < 4.78 is 0. The average Bonchev–Trinajstić information content (AvgIpc) is 2.29. The molecule has 0 radical (unpaired) electrons. The van der Waals surface area contributed by atoms with Gasteiger partial charge in [0.05, 0.1) is 15.9 Å². The van der Waals surface area contributed by atoms with E-state index >= 15 is 0 Å². The molecule has 0 aromatic heterocycles. The Balaban J connectivity index is 3.22. The summed E-state index contributed by atoms with van der Waals surface area (Å²) in [6, 6.07) is 3.17. The molecule has 0 unspecified atom stereocenters. The van der Waals surface area contributed by atoms with Crippen molar-refractivity contribution in [2.24, 2.45) is 10.2 Å². The third-order valence-corrected chi connectivity index (χ3v) is 1.75. The number of nitro benzene ring substituents is 2. The maximum Gasteiger partial charge on any atom is 0.303 e. The van der Waals surface area contributed by atoms with Crippen molar-refractivity contribution in [3.8, 4) is 0 Å². The normalized spacial score (nSPS) is 11.1. The van der Waals surface area contributed by atoms with Crippen molar-refractivity contribution < 1.29 is 9.85 Å². The first-order valence-electron chi connectivity index (χ1n) is 4.51. The SMILES string of the molecule is CC=CN=Nc1ccc([N+](=O)[O-])cc1[N+](=O)[O-]. The van der Waals surface area contributed by atoms with Gasteiger partial charge in [0.25, 0.3) is 5.69 Å². The second-order valence-corrected chi connectivity index (χ2v) is 2.89. The number of non-ortho nitro benzene ring substituents is 1. The highest BCUT2D eigenvalue weighted by atomic mass is 16.6. The van der Waals surface area contributed by atoms with Gasteiger partial charge in [-0.05, 0) is 13.0 Å². The summed E-state index contributed by atoms with van der Waals surface area (Å²) in [5, 5.41) is 28.3. The van der Waals surface area contributed by atoms with E-state index in [4.69, 9.17) is 0 Å². The maximum absolute atomic E-state index is 10.7. The Morgan fingerprint density at radius 2 is 1.94 bits per heavy atom. The van der Waals surface area contributed by atoms with Crippen LogP contribution in [-0.4, -0.2) is 9.85 Å². The smallest absolute Gasteiger partial charge is 0.258 e. The number of nitro groups is 2. The van der Waals surface area contributed by atoms with E-state index in [0.717, 1.165) is 12.1 Å². The molecule has 0 atom stereocenters. The minimum atomic E-state index is -0.739. The van der Waals surface area contributed by atoms with Crippen LogP contribution < -0.4 is 0 Å². The number of allylic oxidation sites excluding steroid dienone is 1. The molecular formula is C9H8N4O4. The molecule has 0 N–H and O–H groups in total. The molecule has 0 aliphatic rings. The van der Waals surface area contributed by atoms with Crippen LogP contribution >= 0.6 is 0 Å². The minimum Gasteiger partial charge on any atom is -0.258 e. The lowest BCUT2D eigenvalue weighted by molar-refractivity contribution is -0.393. The summed E-state index contributed by atoms with van der Waals surface area (Å²) >= 11 is 0. The third-order valence-electron chi connectivity index (χ3n) is 1.75. The molecular weight excluding hydrogens is 228 g/mol. The van der Waals surface area contributed by atoms with Crippen molar-refractivity contribution in [2.75, 3.05) is 0 Å². The zero-order valence-electron chi connectivity index (χ0n) is 8.81. The lowest BCUT2D eigenvalue weighted by Gasteiger charge is -1.95. The molecule has 0 saturated carbocycles. The Labute approximate surface area is 95.6 Å². The highest BCUT2D eigenvalue weighted by Gasteiger charge is 2.19. The van der Waals surface area contributed by atoms with Crippen molar-refractivity contribution in [1.82, 2.24) is 0 Å². The third kappa shape index (κ3) is 3.16. The van der Waals surface area contributed by atoms with E-state index < -0.39 is 15.5 Å². The Morgan fingerprint density at radius 1 is 1.24 bits per heavy atom. The molecule has 0 bridgehead atoms. The van der Waals surface area contributed by atoms with E-state index in [1.54, 1.807) is 13.0 Å². The van der Waals surface area contributed by atoms with Gasteiger partial charge in [-0.3, -0.25) is 20.2 Å².